The number of nitrogens with zero attached hydrogens (tertiary/aromatic N) is 2. The molecule has 3 nitrogen and oxygen atoms in total. The van der Waals surface area contributed by atoms with Crippen LogP contribution < -0.4 is 0 Å². The molecule has 0 aliphatic rings. The topological polar surface area (TPSA) is 38.0 Å². The van der Waals surface area contributed by atoms with Crippen molar-refractivity contribution in [2.24, 2.45) is 7.05 Å². The van der Waals surface area contributed by atoms with E-state index in [-0.39, 0.29) is 5.82 Å². The summed E-state index contributed by atoms with van der Waals surface area (Å²) in [6, 6.07) is 4.44. The Morgan fingerprint density at radius 3 is 2.74 bits per heavy atom. The molecule has 0 radical (unpaired) electrons. The van der Waals surface area contributed by atoms with Gasteiger partial charge >= 0.3 is 0 Å². The van der Waals surface area contributed by atoms with Crippen molar-refractivity contribution in [3.05, 3.63) is 50.5 Å². The van der Waals surface area contributed by atoms with Crippen molar-refractivity contribution in [2.75, 3.05) is 0 Å². The summed E-state index contributed by atoms with van der Waals surface area (Å²) in [6.07, 6.45) is -0.432. The Balaban J connectivity index is 2.25. The zero-order valence-electron chi connectivity index (χ0n) is 10.5. The van der Waals surface area contributed by atoms with Crippen LogP contribution in [0.2, 0.25) is 5.02 Å². The first-order valence-electron chi connectivity index (χ1n) is 5.71. The number of benzene rings is 1. The number of aromatic nitrogens is 2. The third-order valence-electron chi connectivity index (χ3n) is 2.98. The minimum Gasteiger partial charge on any atom is -0.388 e. The van der Waals surface area contributed by atoms with Gasteiger partial charge in [0.15, 0.2) is 0 Å². The van der Waals surface area contributed by atoms with Gasteiger partial charge in [-0.15, -0.1) is 0 Å². The second-order valence-electron chi connectivity index (χ2n) is 4.36. The second kappa shape index (κ2) is 5.61. The smallest absolute Gasteiger partial charge is 0.137 e. The van der Waals surface area contributed by atoms with Crippen molar-refractivity contribution < 1.29 is 9.50 Å². The Hall–Kier alpha value is -0.910. The summed E-state index contributed by atoms with van der Waals surface area (Å²) in [6.45, 7) is 1.81. The van der Waals surface area contributed by atoms with E-state index < -0.39 is 6.10 Å². The van der Waals surface area contributed by atoms with Gasteiger partial charge in [0, 0.05) is 13.5 Å². The summed E-state index contributed by atoms with van der Waals surface area (Å²) >= 11 is 9.24. The summed E-state index contributed by atoms with van der Waals surface area (Å²) in [4.78, 5) is 0. The average Bonchev–Trinajstić information content (AvgIpc) is 2.59. The lowest BCUT2D eigenvalue weighted by Gasteiger charge is -2.12. The minimum atomic E-state index is -0.760. The molecule has 102 valence electrons. The third kappa shape index (κ3) is 2.99. The van der Waals surface area contributed by atoms with Crippen LogP contribution in [0.5, 0.6) is 0 Å². The van der Waals surface area contributed by atoms with E-state index in [1.54, 1.807) is 23.9 Å². The largest absolute Gasteiger partial charge is 0.388 e. The number of aliphatic hydroxyl groups excluding tert-OH is 1. The van der Waals surface area contributed by atoms with Gasteiger partial charge in [-0.05, 0) is 40.5 Å². The molecule has 0 fully saturated rings. The molecule has 2 aromatic rings. The molecule has 0 bridgehead atoms. The van der Waals surface area contributed by atoms with Crippen LogP contribution in [0.3, 0.4) is 0 Å². The quantitative estimate of drug-likeness (QED) is 0.922. The van der Waals surface area contributed by atoms with Crippen molar-refractivity contribution in [3.8, 4) is 0 Å². The van der Waals surface area contributed by atoms with Crippen LogP contribution in [-0.4, -0.2) is 14.9 Å². The number of hydrogen-bond acceptors (Lipinski definition) is 2. The zero-order valence-corrected chi connectivity index (χ0v) is 12.8. The number of aryl methyl sites for hydroxylation is 2. The normalized spacial score (nSPS) is 12.7. The van der Waals surface area contributed by atoms with Gasteiger partial charge in [-0.2, -0.15) is 5.10 Å². The van der Waals surface area contributed by atoms with Crippen LogP contribution in [0.15, 0.2) is 22.7 Å². The first-order valence-corrected chi connectivity index (χ1v) is 6.88. The molecule has 0 aliphatic carbocycles. The first kappa shape index (κ1) is 14.5. The van der Waals surface area contributed by atoms with Gasteiger partial charge in [-0.1, -0.05) is 17.7 Å². The molecule has 1 heterocycles. The molecule has 1 atom stereocenters. The molecular weight excluding hydrogens is 335 g/mol. The molecule has 1 aromatic carbocycles. The number of aliphatic hydroxyl groups is 1. The Morgan fingerprint density at radius 1 is 1.53 bits per heavy atom. The van der Waals surface area contributed by atoms with Crippen molar-refractivity contribution in [3.63, 3.8) is 0 Å². The van der Waals surface area contributed by atoms with Crippen LogP contribution in [-0.2, 0) is 13.5 Å². The van der Waals surface area contributed by atoms with Gasteiger partial charge in [0.2, 0.25) is 0 Å². The monoisotopic (exact) mass is 346 g/mol. The highest BCUT2D eigenvalue weighted by Crippen LogP contribution is 2.27. The van der Waals surface area contributed by atoms with Gasteiger partial charge in [-0.3, -0.25) is 4.68 Å². The van der Waals surface area contributed by atoms with E-state index in [0.29, 0.717) is 21.5 Å². The van der Waals surface area contributed by atoms with Crippen LogP contribution in [0.25, 0.3) is 0 Å². The molecule has 0 spiro atoms. The Bertz CT molecular complexity index is 615. The molecule has 0 saturated carbocycles. The van der Waals surface area contributed by atoms with Crippen molar-refractivity contribution in [2.45, 2.75) is 19.4 Å². The van der Waals surface area contributed by atoms with Gasteiger partial charge in [0.05, 0.1) is 27.0 Å². The first-order chi connectivity index (χ1) is 8.90. The molecule has 1 unspecified atom stereocenters. The molecule has 1 N–H and O–H groups in total. The fourth-order valence-electron chi connectivity index (χ4n) is 1.92. The highest BCUT2D eigenvalue weighted by molar-refractivity contribution is 9.10. The number of halogens is 3. The summed E-state index contributed by atoms with van der Waals surface area (Å²) < 4.78 is 15.1. The maximum Gasteiger partial charge on any atom is 0.137 e. The van der Waals surface area contributed by atoms with Gasteiger partial charge in [-0.25, -0.2) is 4.39 Å². The zero-order chi connectivity index (χ0) is 14.2. The highest BCUT2D eigenvalue weighted by atomic mass is 79.9. The minimum absolute atomic E-state index is 0.328. The molecule has 0 saturated heterocycles. The van der Waals surface area contributed by atoms with Crippen molar-refractivity contribution in [1.29, 1.82) is 0 Å². The van der Waals surface area contributed by atoms with Gasteiger partial charge in [0.1, 0.15) is 5.82 Å². The van der Waals surface area contributed by atoms with E-state index in [4.69, 9.17) is 11.6 Å². The summed E-state index contributed by atoms with van der Waals surface area (Å²) in [7, 11) is 1.78. The van der Waals surface area contributed by atoms with E-state index in [2.05, 4.69) is 21.0 Å². The Kier molecular flexibility index (Phi) is 4.28. The van der Waals surface area contributed by atoms with Crippen LogP contribution >= 0.6 is 27.5 Å². The van der Waals surface area contributed by atoms with E-state index in [0.717, 1.165) is 11.4 Å². The molecule has 1 aromatic heterocycles. The van der Waals surface area contributed by atoms with E-state index >= 15 is 0 Å². The van der Waals surface area contributed by atoms with Crippen molar-refractivity contribution in [1.82, 2.24) is 9.78 Å². The molecular formula is C13H13BrClFN2O. The Morgan fingerprint density at radius 2 is 2.21 bits per heavy atom. The fraction of sp³-hybridized carbons (Fsp3) is 0.308. The van der Waals surface area contributed by atoms with Crippen LogP contribution in [0.1, 0.15) is 23.1 Å². The summed E-state index contributed by atoms with van der Waals surface area (Å²) in [5.74, 6) is -0.356. The lowest BCUT2D eigenvalue weighted by Crippen LogP contribution is -2.07. The lowest BCUT2D eigenvalue weighted by molar-refractivity contribution is 0.175. The Labute approximate surface area is 124 Å². The predicted octanol–water partition coefficient (Wildman–Crippen LogP) is 3.56. The van der Waals surface area contributed by atoms with E-state index in [9.17, 15) is 9.50 Å². The maximum atomic E-state index is 13.2. The van der Waals surface area contributed by atoms with Crippen LogP contribution in [0, 0.1) is 12.7 Å². The lowest BCUT2D eigenvalue weighted by atomic mass is 10.0. The molecule has 0 amide bonds. The second-order valence-corrected chi connectivity index (χ2v) is 5.60. The molecule has 0 aliphatic heterocycles. The van der Waals surface area contributed by atoms with E-state index in [1.807, 2.05) is 6.92 Å². The molecule has 19 heavy (non-hydrogen) atoms. The third-order valence-corrected chi connectivity index (χ3v) is 4.08. The maximum absolute atomic E-state index is 13.2. The average molecular weight is 348 g/mol. The summed E-state index contributed by atoms with van der Waals surface area (Å²) in [5, 5.41) is 15.0. The number of hydrogen-bond donors (Lipinski definition) is 1. The van der Waals surface area contributed by atoms with Gasteiger partial charge in [0.25, 0.3) is 0 Å². The SMILES string of the molecule is Cc1nn(C)c(CC(O)c2ccc(F)c(Br)c2)c1Cl. The standard InChI is InChI=1S/C13H13BrClFN2O/c1-7-13(15)11(18(2)17-7)6-12(19)8-3-4-10(16)9(14)5-8/h3-5,12,19H,6H2,1-2H3. The van der Waals surface area contributed by atoms with Crippen LogP contribution in [0.4, 0.5) is 4.39 Å². The summed E-state index contributed by atoms with van der Waals surface area (Å²) in [5.41, 5.74) is 2.11. The fourth-order valence-corrected chi connectivity index (χ4v) is 2.56. The van der Waals surface area contributed by atoms with Crippen molar-refractivity contribution >= 4 is 27.5 Å². The number of rotatable bonds is 3. The molecule has 6 heteroatoms. The highest BCUT2D eigenvalue weighted by Gasteiger charge is 2.17. The molecule has 2 rings (SSSR count). The van der Waals surface area contributed by atoms with E-state index in [1.165, 1.54) is 6.07 Å². The van der Waals surface area contributed by atoms with Gasteiger partial charge < -0.3 is 5.11 Å². The predicted molar refractivity (Wildman–Crippen MR) is 75.7 cm³/mol.